The van der Waals surface area contributed by atoms with Crippen LogP contribution in [0.2, 0.25) is 0 Å². The Kier molecular flexibility index (Phi) is 6.60. The number of ether oxygens (including phenoxy) is 4. The van der Waals surface area contributed by atoms with Gasteiger partial charge in [0.05, 0.1) is 12.7 Å². The zero-order chi connectivity index (χ0) is 14.0. The summed E-state index contributed by atoms with van der Waals surface area (Å²) in [6.45, 7) is 2.05. The highest BCUT2D eigenvalue weighted by molar-refractivity contribution is 5.39. The second-order valence-corrected chi connectivity index (χ2v) is 4.52. The van der Waals surface area contributed by atoms with Crippen molar-refractivity contribution in [3.05, 3.63) is 24.3 Å². The number of hydrogen-bond donors (Lipinski definition) is 0. The first kappa shape index (κ1) is 15.1. The minimum atomic E-state index is -0.513. The molecule has 0 spiro atoms. The molecule has 0 radical (unpaired) electrons. The van der Waals surface area contributed by atoms with Gasteiger partial charge in [0.15, 0.2) is 11.5 Å². The summed E-state index contributed by atoms with van der Waals surface area (Å²) in [4.78, 5) is 0. The second-order valence-electron chi connectivity index (χ2n) is 4.52. The smallest absolute Gasteiger partial charge is 0.161 e. The fourth-order valence-electron chi connectivity index (χ4n) is 2.05. The number of alkyl halides is 1. The van der Waals surface area contributed by atoms with Crippen molar-refractivity contribution in [3.8, 4) is 11.5 Å². The van der Waals surface area contributed by atoms with Gasteiger partial charge >= 0.3 is 0 Å². The first-order chi connectivity index (χ1) is 9.90. The molecule has 1 fully saturated rings. The SMILES string of the molecule is FCCOc1ccccc1OCCOC1CCOCC1. The van der Waals surface area contributed by atoms with E-state index in [9.17, 15) is 4.39 Å². The molecule has 20 heavy (non-hydrogen) atoms. The molecular formula is C15H21FO4. The van der Waals surface area contributed by atoms with Gasteiger partial charge in [0.2, 0.25) is 0 Å². The predicted octanol–water partition coefficient (Wildman–Crippen LogP) is 2.61. The van der Waals surface area contributed by atoms with Gasteiger partial charge in [-0.25, -0.2) is 4.39 Å². The summed E-state index contributed by atoms with van der Waals surface area (Å²) in [5.41, 5.74) is 0. The molecule has 4 nitrogen and oxygen atoms in total. The Balaban J connectivity index is 1.70. The van der Waals surface area contributed by atoms with Gasteiger partial charge in [0.25, 0.3) is 0 Å². The van der Waals surface area contributed by atoms with Crippen molar-refractivity contribution < 1.29 is 23.3 Å². The van der Waals surface area contributed by atoms with Gasteiger partial charge in [-0.3, -0.25) is 0 Å². The molecule has 5 heteroatoms. The summed E-state index contributed by atoms with van der Waals surface area (Å²) in [7, 11) is 0. The number of benzene rings is 1. The number of rotatable bonds is 8. The minimum absolute atomic E-state index is 0.0406. The van der Waals surface area contributed by atoms with Crippen LogP contribution in [0.5, 0.6) is 11.5 Å². The standard InChI is InChI=1S/C15H21FO4/c16-7-10-19-14-3-1-2-4-15(14)20-12-11-18-13-5-8-17-9-6-13/h1-4,13H,5-12H2. The molecule has 1 aromatic carbocycles. The topological polar surface area (TPSA) is 36.9 Å². The Morgan fingerprint density at radius 2 is 1.65 bits per heavy atom. The molecule has 0 N–H and O–H groups in total. The lowest BCUT2D eigenvalue weighted by molar-refractivity contribution is -0.0389. The lowest BCUT2D eigenvalue weighted by Gasteiger charge is -2.22. The van der Waals surface area contributed by atoms with Crippen molar-refractivity contribution in [1.29, 1.82) is 0 Å². The average molecular weight is 284 g/mol. The predicted molar refractivity (Wildman–Crippen MR) is 73.2 cm³/mol. The first-order valence-corrected chi connectivity index (χ1v) is 7.00. The lowest BCUT2D eigenvalue weighted by atomic mass is 10.2. The van der Waals surface area contributed by atoms with Crippen molar-refractivity contribution in [1.82, 2.24) is 0 Å². The third-order valence-corrected chi connectivity index (χ3v) is 3.05. The number of hydrogen-bond acceptors (Lipinski definition) is 4. The van der Waals surface area contributed by atoms with E-state index in [0.717, 1.165) is 26.1 Å². The Morgan fingerprint density at radius 1 is 1.00 bits per heavy atom. The van der Waals surface area contributed by atoms with Crippen molar-refractivity contribution in [2.24, 2.45) is 0 Å². The van der Waals surface area contributed by atoms with E-state index in [0.29, 0.717) is 24.7 Å². The zero-order valence-corrected chi connectivity index (χ0v) is 11.6. The van der Waals surface area contributed by atoms with E-state index in [-0.39, 0.29) is 12.7 Å². The fourth-order valence-corrected chi connectivity index (χ4v) is 2.05. The molecule has 0 aliphatic carbocycles. The van der Waals surface area contributed by atoms with E-state index in [1.165, 1.54) is 0 Å². The third-order valence-electron chi connectivity index (χ3n) is 3.05. The van der Waals surface area contributed by atoms with Crippen LogP contribution in [0.15, 0.2) is 24.3 Å². The van der Waals surface area contributed by atoms with Gasteiger partial charge in [0.1, 0.15) is 19.9 Å². The maximum atomic E-state index is 12.1. The average Bonchev–Trinajstić information content (AvgIpc) is 2.51. The molecule has 0 saturated carbocycles. The largest absolute Gasteiger partial charge is 0.487 e. The quantitative estimate of drug-likeness (QED) is 0.688. The second kappa shape index (κ2) is 8.76. The summed E-state index contributed by atoms with van der Waals surface area (Å²) in [6, 6.07) is 7.27. The van der Waals surface area contributed by atoms with E-state index in [4.69, 9.17) is 18.9 Å². The van der Waals surface area contributed by atoms with Crippen molar-refractivity contribution in [3.63, 3.8) is 0 Å². The van der Waals surface area contributed by atoms with Gasteiger partial charge in [-0.1, -0.05) is 12.1 Å². The molecule has 112 valence electrons. The van der Waals surface area contributed by atoms with E-state index in [1.54, 1.807) is 6.07 Å². The summed E-state index contributed by atoms with van der Waals surface area (Å²) in [5.74, 6) is 1.19. The van der Waals surface area contributed by atoms with Crippen molar-refractivity contribution in [2.45, 2.75) is 18.9 Å². The molecule has 0 bridgehead atoms. The summed E-state index contributed by atoms with van der Waals surface area (Å²) in [5, 5.41) is 0. The maximum absolute atomic E-state index is 12.1. The summed E-state index contributed by atoms with van der Waals surface area (Å²) >= 11 is 0. The van der Waals surface area contributed by atoms with E-state index in [2.05, 4.69) is 0 Å². The van der Waals surface area contributed by atoms with E-state index >= 15 is 0 Å². The van der Waals surface area contributed by atoms with Crippen LogP contribution in [0.3, 0.4) is 0 Å². The van der Waals surface area contributed by atoms with Crippen LogP contribution in [0.25, 0.3) is 0 Å². The summed E-state index contributed by atoms with van der Waals surface area (Å²) in [6.07, 6.45) is 2.15. The molecule has 2 rings (SSSR count). The van der Waals surface area contributed by atoms with Crippen molar-refractivity contribution in [2.75, 3.05) is 39.7 Å². The molecule has 0 unspecified atom stereocenters. The molecule has 1 aliphatic heterocycles. The molecular weight excluding hydrogens is 263 g/mol. The molecule has 0 atom stereocenters. The number of para-hydroxylation sites is 2. The highest BCUT2D eigenvalue weighted by Crippen LogP contribution is 2.26. The molecule has 0 aromatic heterocycles. The first-order valence-electron chi connectivity index (χ1n) is 7.00. The molecule has 1 saturated heterocycles. The van der Waals surface area contributed by atoms with Crippen LogP contribution >= 0.6 is 0 Å². The zero-order valence-electron chi connectivity index (χ0n) is 11.6. The monoisotopic (exact) mass is 284 g/mol. The maximum Gasteiger partial charge on any atom is 0.161 e. The minimum Gasteiger partial charge on any atom is -0.487 e. The highest BCUT2D eigenvalue weighted by atomic mass is 19.1. The van der Waals surface area contributed by atoms with Crippen LogP contribution in [-0.4, -0.2) is 45.8 Å². The van der Waals surface area contributed by atoms with Crippen LogP contribution < -0.4 is 9.47 Å². The van der Waals surface area contributed by atoms with E-state index < -0.39 is 6.67 Å². The van der Waals surface area contributed by atoms with Crippen LogP contribution in [0, 0.1) is 0 Å². The Hall–Kier alpha value is -1.33. The molecule has 0 amide bonds. The number of halogens is 1. The van der Waals surface area contributed by atoms with Gasteiger partial charge in [-0.05, 0) is 25.0 Å². The normalized spacial score (nSPS) is 16.1. The van der Waals surface area contributed by atoms with Crippen LogP contribution in [0.4, 0.5) is 4.39 Å². The third kappa shape index (κ3) is 4.98. The molecule has 1 aliphatic rings. The van der Waals surface area contributed by atoms with Gasteiger partial charge in [-0.15, -0.1) is 0 Å². The van der Waals surface area contributed by atoms with E-state index in [1.807, 2.05) is 18.2 Å². The Labute approximate surface area is 118 Å². The van der Waals surface area contributed by atoms with Crippen LogP contribution in [0.1, 0.15) is 12.8 Å². The van der Waals surface area contributed by atoms with Crippen molar-refractivity contribution >= 4 is 0 Å². The lowest BCUT2D eigenvalue weighted by Crippen LogP contribution is -2.25. The Bertz CT molecular complexity index is 380. The molecule has 1 aromatic rings. The van der Waals surface area contributed by atoms with Gasteiger partial charge in [0, 0.05) is 13.2 Å². The molecule has 1 heterocycles. The summed E-state index contributed by atoms with van der Waals surface area (Å²) < 4.78 is 34.0. The fraction of sp³-hybridized carbons (Fsp3) is 0.600. The van der Waals surface area contributed by atoms with Gasteiger partial charge < -0.3 is 18.9 Å². The Morgan fingerprint density at radius 3 is 2.30 bits per heavy atom. The van der Waals surface area contributed by atoms with Gasteiger partial charge in [-0.2, -0.15) is 0 Å². The highest BCUT2D eigenvalue weighted by Gasteiger charge is 2.13. The van der Waals surface area contributed by atoms with Crippen LogP contribution in [-0.2, 0) is 9.47 Å².